The number of halogens is 1. The minimum Gasteiger partial charge on any atom is -0.378 e. The molecule has 2 atom stereocenters. The summed E-state index contributed by atoms with van der Waals surface area (Å²) in [6.07, 6.45) is 2.18. The summed E-state index contributed by atoms with van der Waals surface area (Å²) in [5.41, 5.74) is 0.809. The van der Waals surface area contributed by atoms with Crippen molar-refractivity contribution in [3.05, 3.63) is 30.3 Å². The third kappa shape index (κ3) is 4.06. The molecule has 5 heterocycles. The monoisotopic (exact) mass is 495 g/mol. The van der Waals surface area contributed by atoms with E-state index in [0.717, 1.165) is 10.9 Å². The van der Waals surface area contributed by atoms with Crippen molar-refractivity contribution in [3.8, 4) is 11.4 Å². The van der Waals surface area contributed by atoms with E-state index in [4.69, 9.17) is 10.2 Å². The molecule has 4 aromatic heterocycles. The standard InChI is InChI=1S/C24H26FN9O2/c1-3-26-22-20-16(10-19(30-31-20)28-24(35)15-8-13(15)2)17(11-27-22)21-29-23-18(25)9-14(12-34(23)32-21)33-4-6-36-7-5-33/h9-13,15H,3-8H2,1-2H3,(H,26,27)(H,28,30,35)/t13-,15+/m1/s1/i1D3,12D. The Morgan fingerprint density at radius 1 is 1.33 bits per heavy atom. The van der Waals surface area contributed by atoms with Crippen LogP contribution in [0.3, 0.4) is 0 Å². The maximum atomic E-state index is 15.2. The third-order valence-corrected chi connectivity index (χ3v) is 6.48. The van der Waals surface area contributed by atoms with Gasteiger partial charge in [-0.1, -0.05) is 6.92 Å². The van der Waals surface area contributed by atoms with Crippen molar-refractivity contribution in [1.29, 1.82) is 0 Å². The molecule has 1 amide bonds. The number of rotatable bonds is 6. The molecule has 6 rings (SSSR count). The second-order valence-corrected chi connectivity index (χ2v) is 8.93. The van der Waals surface area contributed by atoms with E-state index in [1.807, 2.05) is 11.8 Å². The maximum absolute atomic E-state index is 15.2. The van der Waals surface area contributed by atoms with Gasteiger partial charge in [-0.15, -0.1) is 15.3 Å². The number of amides is 1. The summed E-state index contributed by atoms with van der Waals surface area (Å²) in [6.45, 7) is 1.34. The summed E-state index contributed by atoms with van der Waals surface area (Å²) >= 11 is 0. The van der Waals surface area contributed by atoms with Crippen LogP contribution < -0.4 is 15.5 Å². The van der Waals surface area contributed by atoms with Crippen LogP contribution in [0.25, 0.3) is 27.9 Å². The number of hydrogen-bond acceptors (Lipinski definition) is 9. The predicted molar refractivity (Wildman–Crippen MR) is 132 cm³/mol. The third-order valence-electron chi connectivity index (χ3n) is 6.48. The first-order valence-corrected chi connectivity index (χ1v) is 11.7. The summed E-state index contributed by atoms with van der Waals surface area (Å²) in [7, 11) is 0. The van der Waals surface area contributed by atoms with Gasteiger partial charge in [-0.3, -0.25) is 4.79 Å². The van der Waals surface area contributed by atoms with E-state index in [1.165, 1.54) is 12.3 Å². The van der Waals surface area contributed by atoms with Crippen LogP contribution in [0.1, 0.15) is 25.7 Å². The topological polar surface area (TPSA) is 122 Å². The molecule has 1 aliphatic heterocycles. The zero-order valence-electron chi connectivity index (χ0n) is 23.5. The molecule has 4 aromatic rings. The van der Waals surface area contributed by atoms with Crippen LogP contribution >= 0.6 is 0 Å². The first-order valence-electron chi connectivity index (χ1n) is 13.7. The van der Waals surface area contributed by atoms with Gasteiger partial charge in [0, 0.05) is 52.9 Å². The normalized spacial score (nSPS) is 21.6. The summed E-state index contributed by atoms with van der Waals surface area (Å²) in [5, 5.41) is 18.7. The SMILES string of the molecule is [2H]c1c(N2CCOCC2)cc(F)c2nc(-c3cnc(NCC([2H])([2H])[2H])c4nnc(NC(=O)[C@H]5C[C@H]5C)cc34)nn12. The van der Waals surface area contributed by atoms with Crippen LogP contribution in [0.4, 0.5) is 21.7 Å². The van der Waals surface area contributed by atoms with Gasteiger partial charge in [-0.2, -0.15) is 0 Å². The van der Waals surface area contributed by atoms with Crippen molar-refractivity contribution < 1.29 is 19.4 Å². The fourth-order valence-corrected chi connectivity index (χ4v) is 4.34. The van der Waals surface area contributed by atoms with Crippen LogP contribution in [0, 0.1) is 17.7 Å². The number of ether oxygens (including phenoxy) is 1. The number of anilines is 3. The molecule has 0 unspecified atom stereocenters. The predicted octanol–water partition coefficient (Wildman–Crippen LogP) is 2.74. The zero-order chi connectivity index (χ0) is 28.2. The number of aromatic nitrogens is 6. The van der Waals surface area contributed by atoms with Gasteiger partial charge in [-0.05, 0) is 25.3 Å². The summed E-state index contributed by atoms with van der Waals surface area (Å²) in [4.78, 5) is 23.1. The van der Waals surface area contributed by atoms with Crippen molar-refractivity contribution in [1.82, 2.24) is 29.8 Å². The molecule has 0 aromatic carbocycles. The Bertz CT molecular complexity index is 1620. The first-order chi connectivity index (χ1) is 19.1. The van der Waals surface area contributed by atoms with Crippen LogP contribution in [0.15, 0.2) is 24.5 Å². The van der Waals surface area contributed by atoms with E-state index in [9.17, 15) is 4.79 Å². The fraction of sp³-hybridized carbons (Fsp3) is 0.417. The zero-order valence-corrected chi connectivity index (χ0v) is 19.5. The highest BCUT2D eigenvalue weighted by Gasteiger charge is 2.39. The highest BCUT2D eigenvalue weighted by molar-refractivity contribution is 6.01. The number of nitrogens with one attached hydrogen (secondary N) is 2. The van der Waals surface area contributed by atoms with E-state index < -0.39 is 12.7 Å². The molecule has 2 aliphatic rings. The highest BCUT2D eigenvalue weighted by Crippen LogP contribution is 2.38. The van der Waals surface area contributed by atoms with E-state index in [-0.39, 0.29) is 53.2 Å². The minimum atomic E-state index is -2.27. The summed E-state index contributed by atoms with van der Waals surface area (Å²) in [6, 6.07) is 2.85. The van der Waals surface area contributed by atoms with Crippen molar-refractivity contribution in [3.63, 3.8) is 0 Å². The second kappa shape index (κ2) is 8.94. The molecule has 36 heavy (non-hydrogen) atoms. The highest BCUT2D eigenvalue weighted by atomic mass is 19.1. The van der Waals surface area contributed by atoms with Gasteiger partial charge in [-0.25, -0.2) is 18.9 Å². The van der Waals surface area contributed by atoms with Gasteiger partial charge in [0.25, 0.3) is 0 Å². The smallest absolute Gasteiger partial charge is 0.228 e. The molecule has 11 nitrogen and oxygen atoms in total. The summed E-state index contributed by atoms with van der Waals surface area (Å²) in [5.74, 6) is -0.172. The lowest BCUT2D eigenvalue weighted by atomic mass is 10.1. The molecule has 0 spiro atoms. The average Bonchev–Trinajstić information content (AvgIpc) is 3.49. The largest absolute Gasteiger partial charge is 0.378 e. The van der Waals surface area contributed by atoms with Gasteiger partial charge in [0.15, 0.2) is 28.9 Å². The molecule has 2 N–H and O–H groups in total. The van der Waals surface area contributed by atoms with E-state index in [2.05, 4.69) is 35.9 Å². The number of pyridine rings is 2. The second-order valence-electron chi connectivity index (χ2n) is 8.93. The number of morpholine rings is 1. The number of carbonyl (C=O) groups excluding carboxylic acids is 1. The molecule has 1 aliphatic carbocycles. The van der Waals surface area contributed by atoms with Crippen LogP contribution in [0.2, 0.25) is 0 Å². The van der Waals surface area contributed by atoms with Crippen molar-refractivity contribution in [2.45, 2.75) is 20.2 Å². The van der Waals surface area contributed by atoms with Crippen molar-refractivity contribution in [2.24, 2.45) is 11.8 Å². The van der Waals surface area contributed by atoms with Crippen molar-refractivity contribution >= 4 is 39.8 Å². The molecule has 186 valence electrons. The molecular weight excluding hydrogens is 465 g/mol. The Balaban J connectivity index is 1.44. The molecule has 1 saturated heterocycles. The summed E-state index contributed by atoms with van der Waals surface area (Å²) < 4.78 is 52.9. The Labute approximate surface area is 211 Å². The van der Waals surface area contributed by atoms with Crippen molar-refractivity contribution in [2.75, 3.05) is 48.4 Å². The quantitative estimate of drug-likeness (QED) is 0.416. The fourth-order valence-electron chi connectivity index (χ4n) is 4.34. The number of nitrogens with zero attached hydrogens (tertiary/aromatic N) is 7. The molecule has 0 bridgehead atoms. The average molecular weight is 496 g/mol. The lowest BCUT2D eigenvalue weighted by Crippen LogP contribution is -2.36. The lowest BCUT2D eigenvalue weighted by molar-refractivity contribution is -0.117. The number of fused-ring (bicyclic) bond motifs is 2. The maximum Gasteiger partial charge on any atom is 0.228 e. The minimum absolute atomic E-state index is 0.0309. The van der Waals surface area contributed by atoms with Crippen LogP contribution in [-0.4, -0.2) is 68.5 Å². The van der Waals surface area contributed by atoms with Gasteiger partial charge >= 0.3 is 0 Å². The van der Waals surface area contributed by atoms with E-state index in [0.29, 0.717) is 48.9 Å². The number of hydrogen-bond donors (Lipinski definition) is 2. The van der Waals surface area contributed by atoms with E-state index >= 15 is 4.39 Å². The van der Waals surface area contributed by atoms with Gasteiger partial charge < -0.3 is 20.3 Å². The van der Waals surface area contributed by atoms with Gasteiger partial charge in [0.1, 0.15) is 5.52 Å². The van der Waals surface area contributed by atoms with Crippen LogP contribution in [0.5, 0.6) is 0 Å². The lowest BCUT2D eigenvalue weighted by Gasteiger charge is -2.28. The Morgan fingerprint density at radius 3 is 2.94 bits per heavy atom. The van der Waals surface area contributed by atoms with Gasteiger partial charge in [0.2, 0.25) is 5.91 Å². The molecule has 12 heteroatoms. The number of carbonyl (C=O) groups is 1. The van der Waals surface area contributed by atoms with Gasteiger partial charge in [0.05, 0.1) is 26.4 Å². The Morgan fingerprint density at radius 2 is 2.17 bits per heavy atom. The Hall–Kier alpha value is -3.93. The van der Waals surface area contributed by atoms with E-state index in [1.54, 1.807) is 6.07 Å². The molecule has 1 saturated carbocycles. The van der Waals surface area contributed by atoms with Crippen LogP contribution in [-0.2, 0) is 9.53 Å². The molecule has 2 fully saturated rings. The Kier molecular flexibility index (Phi) is 4.56. The molecular formula is C24H26FN9O2. The first kappa shape index (κ1) is 18.4. The molecule has 0 radical (unpaired) electrons.